The van der Waals surface area contributed by atoms with E-state index in [9.17, 15) is 12.8 Å². The first-order valence-electron chi connectivity index (χ1n) is 4.41. The number of aryl methyl sites for hydroxylation is 1. The van der Waals surface area contributed by atoms with Crippen LogP contribution in [-0.4, -0.2) is 18.0 Å². The van der Waals surface area contributed by atoms with Gasteiger partial charge in [0.2, 0.25) is 15.0 Å². The molecule has 4 nitrogen and oxygen atoms in total. The molecule has 7 heteroatoms. The van der Waals surface area contributed by atoms with Crippen molar-refractivity contribution in [1.82, 2.24) is 9.55 Å². The topological polar surface area (TPSA) is 52.0 Å². The van der Waals surface area contributed by atoms with Crippen LogP contribution < -0.4 is 0 Å². The van der Waals surface area contributed by atoms with E-state index in [-0.39, 0.29) is 16.5 Å². The zero-order valence-corrected chi connectivity index (χ0v) is 10.1. The van der Waals surface area contributed by atoms with Crippen LogP contribution in [0.1, 0.15) is 5.56 Å². The van der Waals surface area contributed by atoms with Crippen LogP contribution in [0.4, 0.5) is 4.39 Å². The van der Waals surface area contributed by atoms with Gasteiger partial charge < -0.3 is 4.57 Å². The first kappa shape index (κ1) is 11.3. The Labute approximate surface area is 96.3 Å². The molecular formula is C9H9FN2O2S2. The Bertz CT molecular complexity index is 601. The Hall–Kier alpha value is -1.21. The molecule has 0 aliphatic carbocycles. The van der Waals surface area contributed by atoms with E-state index in [0.29, 0.717) is 0 Å². The minimum absolute atomic E-state index is 0.0434. The molecule has 0 spiro atoms. The van der Waals surface area contributed by atoms with E-state index >= 15 is 0 Å². The second-order valence-electron chi connectivity index (χ2n) is 3.32. The molecule has 0 bridgehead atoms. The van der Waals surface area contributed by atoms with Gasteiger partial charge >= 0.3 is 0 Å². The zero-order chi connectivity index (χ0) is 11.8. The summed E-state index contributed by atoms with van der Waals surface area (Å²) in [7, 11) is -1.99. The van der Waals surface area contributed by atoms with Crippen molar-refractivity contribution < 1.29 is 12.8 Å². The Morgan fingerprint density at radius 2 is 2.25 bits per heavy atom. The molecule has 2 heterocycles. The Morgan fingerprint density at radius 3 is 2.75 bits per heavy atom. The third-order valence-electron chi connectivity index (χ3n) is 2.09. The number of imidazole rings is 1. The highest BCUT2D eigenvalue weighted by molar-refractivity contribution is 7.90. The quantitative estimate of drug-likeness (QED) is 0.842. The molecule has 0 aromatic carbocycles. The molecule has 0 unspecified atom stereocenters. The predicted octanol–water partition coefficient (Wildman–Crippen LogP) is 1.59. The third kappa shape index (κ3) is 2.00. The molecule has 0 saturated carbocycles. The summed E-state index contributed by atoms with van der Waals surface area (Å²) in [5.74, 6) is -0.838. The smallest absolute Gasteiger partial charge is 0.227 e. The van der Waals surface area contributed by atoms with Crippen LogP contribution in [-0.2, 0) is 22.6 Å². The largest absolute Gasteiger partial charge is 0.325 e. The molecule has 0 N–H and O–H groups in total. The van der Waals surface area contributed by atoms with Crippen LogP contribution in [0.5, 0.6) is 0 Å². The fourth-order valence-electron chi connectivity index (χ4n) is 1.33. The van der Waals surface area contributed by atoms with Crippen LogP contribution in [0.25, 0.3) is 0 Å². The lowest BCUT2D eigenvalue weighted by Gasteiger charge is -2.02. The van der Waals surface area contributed by atoms with Gasteiger partial charge in [0, 0.05) is 30.4 Å². The second kappa shape index (κ2) is 3.99. The van der Waals surface area contributed by atoms with Gasteiger partial charge in [-0.05, 0) is 5.38 Å². The average Bonchev–Trinajstić information content (AvgIpc) is 2.76. The average molecular weight is 260 g/mol. The highest BCUT2D eigenvalue weighted by Gasteiger charge is 2.21. The summed E-state index contributed by atoms with van der Waals surface area (Å²) >= 11 is 1.14. The molecule has 2 rings (SSSR count). The van der Waals surface area contributed by atoms with Gasteiger partial charge in [-0.3, -0.25) is 0 Å². The normalized spacial score (nSPS) is 11.9. The lowest BCUT2D eigenvalue weighted by atomic mass is 10.4. The van der Waals surface area contributed by atoms with Crippen molar-refractivity contribution >= 4 is 21.2 Å². The maximum absolute atomic E-state index is 13.1. The molecule has 86 valence electrons. The number of aromatic nitrogens is 2. The van der Waals surface area contributed by atoms with Gasteiger partial charge in [0.1, 0.15) is 5.82 Å². The van der Waals surface area contributed by atoms with Gasteiger partial charge in [-0.25, -0.2) is 17.8 Å². The first-order valence-corrected chi connectivity index (χ1v) is 7.01. The zero-order valence-electron chi connectivity index (χ0n) is 8.42. The van der Waals surface area contributed by atoms with Crippen molar-refractivity contribution in [2.24, 2.45) is 7.05 Å². The number of nitrogens with zero attached hydrogens (tertiary/aromatic N) is 2. The minimum Gasteiger partial charge on any atom is -0.325 e. The van der Waals surface area contributed by atoms with E-state index in [1.54, 1.807) is 7.05 Å². The van der Waals surface area contributed by atoms with Crippen molar-refractivity contribution in [2.75, 3.05) is 0 Å². The number of sulfone groups is 1. The molecule has 2 aromatic heterocycles. The van der Waals surface area contributed by atoms with Crippen molar-refractivity contribution in [3.8, 4) is 0 Å². The molecule has 0 aliphatic rings. The van der Waals surface area contributed by atoms with E-state index in [4.69, 9.17) is 0 Å². The third-order valence-corrected chi connectivity index (χ3v) is 4.49. The summed E-state index contributed by atoms with van der Waals surface area (Å²) in [5, 5.41) is 2.73. The van der Waals surface area contributed by atoms with E-state index in [1.807, 2.05) is 0 Å². The molecule has 0 aliphatic heterocycles. The maximum Gasteiger partial charge on any atom is 0.227 e. The molecule has 0 amide bonds. The monoisotopic (exact) mass is 260 g/mol. The van der Waals surface area contributed by atoms with Crippen LogP contribution in [0, 0.1) is 5.82 Å². The van der Waals surface area contributed by atoms with Gasteiger partial charge in [0.05, 0.1) is 5.75 Å². The van der Waals surface area contributed by atoms with Gasteiger partial charge in [-0.1, -0.05) is 0 Å². The van der Waals surface area contributed by atoms with Crippen molar-refractivity contribution in [3.63, 3.8) is 0 Å². The Kier molecular flexibility index (Phi) is 2.81. The van der Waals surface area contributed by atoms with Crippen molar-refractivity contribution in [1.29, 1.82) is 0 Å². The highest BCUT2D eigenvalue weighted by atomic mass is 32.2. The maximum atomic E-state index is 13.1. The molecule has 16 heavy (non-hydrogen) atoms. The highest BCUT2D eigenvalue weighted by Crippen LogP contribution is 2.19. The van der Waals surface area contributed by atoms with Crippen molar-refractivity contribution in [2.45, 2.75) is 10.9 Å². The summed E-state index contributed by atoms with van der Waals surface area (Å²) in [5.41, 5.74) is 0.188. The van der Waals surface area contributed by atoms with Crippen LogP contribution in [0.3, 0.4) is 0 Å². The lowest BCUT2D eigenvalue weighted by molar-refractivity contribution is 0.573. The van der Waals surface area contributed by atoms with Gasteiger partial charge in [0.25, 0.3) is 0 Å². The number of hydrogen-bond donors (Lipinski definition) is 0. The van der Waals surface area contributed by atoms with Crippen LogP contribution >= 0.6 is 11.3 Å². The van der Waals surface area contributed by atoms with E-state index in [1.165, 1.54) is 27.7 Å². The van der Waals surface area contributed by atoms with Crippen LogP contribution in [0.2, 0.25) is 0 Å². The molecule has 0 fully saturated rings. The summed E-state index contributed by atoms with van der Waals surface area (Å²) in [6.45, 7) is 0. The molecule has 0 radical (unpaired) electrons. The lowest BCUT2D eigenvalue weighted by Crippen LogP contribution is -2.11. The van der Waals surface area contributed by atoms with Gasteiger partial charge in [-0.15, -0.1) is 11.3 Å². The van der Waals surface area contributed by atoms with E-state index in [0.717, 1.165) is 11.3 Å². The van der Waals surface area contributed by atoms with E-state index < -0.39 is 15.7 Å². The summed E-state index contributed by atoms with van der Waals surface area (Å²) in [6, 6.07) is 0. The van der Waals surface area contributed by atoms with Crippen molar-refractivity contribution in [3.05, 3.63) is 34.5 Å². The number of hydrogen-bond acceptors (Lipinski definition) is 4. The summed E-state index contributed by atoms with van der Waals surface area (Å²) in [6.07, 6.45) is 2.94. The summed E-state index contributed by atoms with van der Waals surface area (Å²) < 4.78 is 38.3. The molecule has 0 atom stereocenters. The SMILES string of the molecule is Cn1ccnc1S(=O)(=O)Cc1cscc1F. The van der Waals surface area contributed by atoms with Crippen LogP contribution in [0.15, 0.2) is 28.3 Å². The minimum atomic E-state index is -3.57. The van der Waals surface area contributed by atoms with Gasteiger partial charge in [-0.2, -0.15) is 0 Å². The Balaban J connectivity index is 2.36. The standard InChI is InChI=1S/C9H9FN2O2S2/c1-12-3-2-11-9(12)16(13,14)6-7-4-15-5-8(7)10/h2-5H,6H2,1H3. The van der Waals surface area contributed by atoms with E-state index in [2.05, 4.69) is 4.98 Å². The summed E-state index contributed by atoms with van der Waals surface area (Å²) in [4.78, 5) is 3.75. The van der Waals surface area contributed by atoms with Gasteiger partial charge in [0.15, 0.2) is 0 Å². The fraction of sp³-hybridized carbons (Fsp3) is 0.222. The number of rotatable bonds is 3. The fourth-order valence-corrected chi connectivity index (χ4v) is 3.62. The second-order valence-corrected chi connectivity index (χ2v) is 5.95. The number of halogens is 1. The first-order chi connectivity index (χ1) is 7.50. The Morgan fingerprint density at radius 1 is 1.50 bits per heavy atom. The molecule has 0 saturated heterocycles. The molecular weight excluding hydrogens is 251 g/mol. The predicted molar refractivity (Wildman–Crippen MR) is 58.4 cm³/mol. The number of thiophene rings is 1. The molecule has 2 aromatic rings.